The van der Waals surface area contributed by atoms with Gasteiger partial charge in [0.25, 0.3) is 0 Å². The molecule has 37 heavy (non-hydrogen) atoms. The number of imidazole rings is 1. The largest absolute Gasteiger partial charge is 0.496 e. The fourth-order valence-electron chi connectivity index (χ4n) is 5.08. The summed E-state index contributed by atoms with van der Waals surface area (Å²) in [6.07, 6.45) is 2.35. The Morgan fingerprint density at radius 3 is 2.73 bits per heavy atom. The molecule has 186 valence electrons. The highest BCUT2D eigenvalue weighted by Gasteiger charge is 2.22. The Kier molecular flexibility index (Phi) is 5.96. The number of methoxy groups -OCH3 is 1. The van der Waals surface area contributed by atoms with Crippen molar-refractivity contribution in [2.75, 3.05) is 25.2 Å². The Labute approximate surface area is 216 Å². The van der Waals surface area contributed by atoms with Crippen LogP contribution in [-0.4, -0.2) is 40.2 Å². The lowest BCUT2D eigenvalue weighted by molar-refractivity contribution is 0.331. The number of rotatable bonds is 5. The molecule has 5 aromatic rings. The van der Waals surface area contributed by atoms with Gasteiger partial charge >= 0.3 is 0 Å². The summed E-state index contributed by atoms with van der Waals surface area (Å²) >= 11 is 0. The normalized spacial score (nSPS) is 13.2. The van der Waals surface area contributed by atoms with Crippen molar-refractivity contribution in [2.24, 2.45) is 0 Å². The number of benzene rings is 3. The van der Waals surface area contributed by atoms with E-state index < -0.39 is 0 Å². The molecule has 1 aliphatic rings. The minimum atomic E-state index is 0.586. The molecule has 0 bridgehead atoms. The monoisotopic (exact) mass is 491 g/mol. The summed E-state index contributed by atoms with van der Waals surface area (Å²) in [6.45, 7) is 6.04. The minimum Gasteiger partial charge on any atom is -0.496 e. The maximum Gasteiger partial charge on any atom is 0.136 e. The number of H-pyrrole nitrogens is 1. The number of para-hydroxylation sites is 1. The zero-order valence-electron chi connectivity index (χ0n) is 21.3. The Hall–Kier alpha value is -4.39. The van der Waals surface area contributed by atoms with Crippen LogP contribution in [0.1, 0.15) is 28.2 Å². The van der Waals surface area contributed by atoms with Gasteiger partial charge in [0, 0.05) is 29.8 Å². The molecule has 3 aromatic carbocycles. The van der Waals surface area contributed by atoms with E-state index in [1.165, 1.54) is 0 Å². The minimum absolute atomic E-state index is 0.586. The predicted octanol–water partition coefficient (Wildman–Crippen LogP) is 5.64. The first kappa shape index (κ1) is 23.0. The summed E-state index contributed by atoms with van der Waals surface area (Å²) in [6, 6.07) is 20.9. The van der Waals surface area contributed by atoms with Gasteiger partial charge in [0.05, 0.1) is 24.7 Å². The Bertz CT molecular complexity index is 1590. The second kappa shape index (κ2) is 9.58. The summed E-state index contributed by atoms with van der Waals surface area (Å²) in [5.74, 6) is 3.65. The van der Waals surface area contributed by atoms with Gasteiger partial charge in [-0.1, -0.05) is 30.3 Å². The van der Waals surface area contributed by atoms with Crippen molar-refractivity contribution in [3.05, 3.63) is 95.2 Å². The molecule has 0 unspecified atom stereocenters. The van der Waals surface area contributed by atoms with E-state index in [-0.39, 0.29) is 0 Å². The van der Waals surface area contributed by atoms with Crippen LogP contribution < -0.4 is 14.4 Å². The van der Waals surface area contributed by atoms with E-state index >= 15 is 0 Å². The Morgan fingerprint density at radius 2 is 1.84 bits per heavy atom. The smallest absolute Gasteiger partial charge is 0.136 e. The number of nitrogens with zero attached hydrogens (tertiary/aromatic N) is 4. The van der Waals surface area contributed by atoms with E-state index in [0.717, 1.165) is 74.2 Å². The average molecular weight is 492 g/mol. The van der Waals surface area contributed by atoms with Gasteiger partial charge in [-0.3, -0.25) is 0 Å². The Balaban J connectivity index is 1.35. The third-order valence-electron chi connectivity index (χ3n) is 6.97. The summed E-state index contributed by atoms with van der Waals surface area (Å²) in [5, 5.41) is 0. The second-order valence-corrected chi connectivity index (χ2v) is 9.40. The van der Waals surface area contributed by atoms with Gasteiger partial charge in [-0.25, -0.2) is 15.0 Å². The zero-order chi connectivity index (χ0) is 25.4. The van der Waals surface area contributed by atoms with Gasteiger partial charge in [0.1, 0.15) is 36.1 Å². The van der Waals surface area contributed by atoms with Crippen LogP contribution in [0.5, 0.6) is 11.5 Å². The molecule has 7 nitrogen and oxygen atoms in total. The molecule has 7 heteroatoms. The number of anilines is 1. The zero-order valence-corrected chi connectivity index (χ0v) is 21.3. The van der Waals surface area contributed by atoms with E-state index in [2.05, 4.69) is 62.3 Å². The highest BCUT2D eigenvalue weighted by Crippen LogP contribution is 2.33. The third kappa shape index (κ3) is 4.48. The van der Waals surface area contributed by atoms with Gasteiger partial charge in [0.2, 0.25) is 0 Å². The van der Waals surface area contributed by atoms with Crippen molar-refractivity contribution in [1.29, 1.82) is 0 Å². The van der Waals surface area contributed by atoms with Crippen LogP contribution in [0, 0.1) is 13.8 Å². The van der Waals surface area contributed by atoms with E-state index in [1.807, 2.05) is 32.0 Å². The number of nitrogens with one attached hydrogen (secondary N) is 1. The van der Waals surface area contributed by atoms with E-state index in [4.69, 9.17) is 14.5 Å². The molecule has 0 spiro atoms. The molecule has 0 amide bonds. The van der Waals surface area contributed by atoms with Crippen LogP contribution >= 0.6 is 0 Å². The molecule has 0 radical (unpaired) electrons. The number of hydrogen-bond donors (Lipinski definition) is 1. The molecular formula is C30H29N5O2. The van der Waals surface area contributed by atoms with Crippen molar-refractivity contribution in [2.45, 2.75) is 26.8 Å². The first-order valence-electron chi connectivity index (χ1n) is 12.5. The van der Waals surface area contributed by atoms with Gasteiger partial charge in [0.15, 0.2) is 0 Å². The lowest BCUT2D eigenvalue weighted by Crippen LogP contribution is -2.28. The van der Waals surface area contributed by atoms with Crippen LogP contribution in [0.4, 0.5) is 5.82 Å². The van der Waals surface area contributed by atoms with Gasteiger partial charge < -0.3 is 19.4 Å². The van der Waals surface area contributed by atoms with Gasteiger partial charge in [-0.05, 0) is 60.9 Å². The maximum atomic E-state index is 6.17. The number of hydrogen-bond acceptors (Lipinski definition) is 6. The topological polar surface area (TPSA) is 76.2 Å². The van der Waals surface area contributed by atoms with Gasteiger partial charge in [-0.2, -0.15) is 0 Å². The molecule has 0 fully saturated rings. The predicted molar refractivity (Wildman–Crippen MR) is 145 cm³/mol. The summed E-state index contributed by atoms with van der Waals surface area (Å²) in [5.41, 5.74) is 8.63. The van der Waals surface area contributed by atoms with Crippen LogP contribution in [0.25, 0.3) is 22.2 Å². The highest BCUT2D eigenvalue weighted by atomic mass is 16.5. The number of aryl methyl sites for hydroxylation is 2. The molecule has 1 aliphatic heterocycles. The lowest BCUT2D eigenvalue weighted by atomic mass is 10.0. The van der Waals surface area contributed by atoms with Crippen LogP contribution in [0.15, 0.2) is 67.0 Å². The molecule has 0 saturated carbocycles. The van der Waals surface area contributed by atoms with E-state index in [1.54, 1.807) is 13.4 Å². The average Bonchev–Trinajstić information content (AvgIpc) is 3.15. The second-order valence-electron chi connectivity index (χ2n) is 9.40. The first-order valence-corrected chi connectivity index (χ1v) is 12.5. The molecule has 0 atom stereocenters. The highest BCUT2D eigenvalue weighted by molar-refractivity contribution is 5.82. The van der Waals surface area contributed by atoms with Crippen LogP contribution in [0.2, 0.25) is 0 Å². The van der Waals surface area contributed by atoms with Crippen LogP contribution in [0.3, 0.4) is 0 Å². The maximum absolute atomic E-state index is 6.17. The summed E-state index contributed by atoms with van der Waals surface area (Å²) in [4.78, 5) is 19.4. The molecule has 2 aromatic heterocycles. The quantitative estimate of drug-likeness (QED) is 0.343. The Morgan fingerprint density at radius 1 is 1.00 bits per heavy atom. The van der Waals surface area contributed by atoms with Crippen molar-refractivity contribution in [3.8, 4) is 22.6 Å². The standard InChI is InChI=1S/C30H29N5O2/c1-19-25(15-23-6-4-5-7-28(23)36-3)30(32-18-31-19)35-12-13-37-29-11-9-21(14-24(29)17-35)22-8-10-26-27(16-22)34-20(2)33-26/h4-11,14,16,18H,12-13,15,17H2,1-3H3,(H,33,34). The van der Waals surface area contributed by atoms with Crippen molar-refractivity contribution >= 4 is 16.9 Å². The molecule has 0 aliphatic carbocycles. The number of aromatic nitrogens is 4. The van der Waals surface area contributed by atoms with Crippen LogP contribution in [-0.2, 0) is 13.0 Å². The van der Waals surface area contributed by atoms with Crippen molar-refractivity contribution in [1.82, 2.24) is 19.9 Å². The number of ether oxygens (including phenoxy) is 2. The van der Waals surface area contributed by atoms with E-state index in [0.29, 0.717) is 19.6 Å². The number of fused-ring (bicyclic) bond motifs is 2. The van der Waals surface area contributed by atoms with Gasteiger partial charge in [-0.15, -0.1) is 0 Å². The summed E-state index contributed by atoms with van der Waals surface area (Å²) < 4.78 is 11.8. The third-order valence-corrected chi connectivity index (χ3v) is 6.97. The summed E-state index contributed by atoms with van der Waals surface area (Å²) in [7, 11) is 1.71. The van der Waals surface area contributed by atoms with Crippen molar-refractivity contribution < 1.29 is 9.47 Å². The lowest BCUT2D eigenvalue weighted by Gasteiger charge is -2.24. The fraction of sp³-hybridized carbons (Fsp3) is 0.233. The first-order chi connectivity index (χ1) is 18.1. The molecular weight excluding hydrogens is 462 g/mol. The fourth-order valence-corrected chi connectivity index (χ4v) is 5.08. The van der Waals surface area contributed by atoms with E-state index in [9.17, 15) is 0 Å². The molecule has 1 N–H and O–H groups in total. The van der Waals surface area contributed by atoms with Crippen molar-refractivity contribution in [3.63, 3.8) is 0 Å². The molecule has 6 rings (SSSR count). The molecule has 0 saturated heterocycles. The molecule has 3 heterocycles. The SMILES string of the molecule is COc1ccccc1Cc1c(C)ncnc1N1CCOc2ccc(-c3ccc4nc(C)[nH]c4c3)cc2C1. The number of aromatic amines is 1.